The van der Waals surface area contributed by atoms with Crippen molar-refractivity contribution in [3.8, 4) is 11.5 Å². The Labute approximate surface area is 185 Å². The van der Waals surface area contributed by atoms with Crippen LogP contribution < -0.4 is 20.1 Å². The van der Waals surface area contributed by atoms with Crippen LogP contribution in [0.15, 0.2) is 48.5 Å². The second-order valence-corrected chi connectivity index (χ2v) is 7.52. The Kier molecular flexibility index (Phi) is 11.0. The highest BCUT2D eigenvalue weighted by Gasteiger charge is 2.04. The van der Waals surface area contributed by atoms with Crippen LogP contribution in [-0.2, 0) is 22.4 Å². The van der Waals surface area contributed by atoms with E-state index in [0.717, 1.165) is 54.7 Å². The lowest BCUT2D eigenvalue weighted by atomic mass is 10.1. The summed E-state index contributed by atoms with van der Waals surface area (Å²) in [5, 5.41) is 5.94. The molecule has 0 aromatic heterocycles. The molecule has 0 aliphatic rings. The molecule has 2 N–H and O–H groups in total. The molecular formula is C25H34N2O4. The summed E-state index contributed by atoms with van der Waals surface area (Å²) < 4.78 is 10.2. The van der Waals surface area contributed by atoms with Gasteiger partial charge in [-0.25, -0.2) is 0 Å². The average Bonchev–Trinajstić information content (AvgIpc) is 2.79. The summed E-state index contributed by atoms with van der Waals surface area (Å²) in [6.45, 7) is 1.40. The van der Waals surface area contributed by atoms with E-state index >= 15 is 0 Å². The van der Waals surface area contributed by atoms with E-state index in [-0.39, 0.29) is 11.8 Å². The molecule has 6 nitrogen and oxygen atoms in total. The molecular weight excluding hydrogens is 392 g/mol. The van der Waals surface area contributed by atoms with Gasteiger partial charge in [0.2, 0.25) is 11.8 Å². The van der Waals surface area contributed by atoms with Crippen LogP contribution in [0.4, 0.5) is 0 Å². The Bertz CT molecular complexity index is 721. The summed E-state index contributed by atoms with van der Waals surface area (Å²) in [5.41, 5.74) is 1.96. The molecule has 0 spiro atoms. The molecule has 0 heterocycles. The van der Waals surface area contributed by atoms with E-state index in [1.807, 2.05) is 48.5 Å². The van der Waals surface area contributed by atoms with E-state index in [1.165, 1.54) is 0 Å². The van der Waals surface area contributed by atoms with Crippen LogP contribution in [0.1, 0.15) is 43.2 Å². The second kappa shape index (κ2) is 14.1. The Morgan fingerprint density at radius 3 is 1.32 bits per heavy atom. The first kappa shape index (κ1) is 24.3. The zero-order valence-electron chi connectivity index (χ0n) is 18.6. The Morgan fingerprint density at radius 1 is 0.613 bits per heavy atom. The molecule has 0 atom stereocenters. The quantitative estimate of drug-likeness (QED) is 0.452. The van der Waals surface area contributed by atoms with Gasteiger partial charge in [0.25, 0.3) is 0 Å². The molecule has 0 aliphatic heterocycles. The van der Waals surface area contributed by atoms with Crippen molar-refractivity contribution in [3.05, 3.63) is 59.7 Å². The smallest absolute Gasteiger partial charge is 0.224 e. The summed E-state index contributed by atoms with van der Waals surface area (Å²) in [6, 6.07) is 15.1. The van der Waals surface area contributed by atoms with Gasteiger partial charge >= 0.3 is 0 Å². The number of carbonyl (C=O) groups excluding carboxylic acids is 2. The summed E-state index contributed by atoms with van der Waals surface area (Å²) >= 11 is 0. The van der Waals surface area contributed by atoms with E-state index in [2.05, 4.69) is 10.6 Å². The minimum absolute atomic E-state index is 0.0461. The van der Waals surface area contributed by atoms with E-state index in [4.69, 9.17) is 9.47 Å². The number of amides is 2. The third kappa shape index (κ3) is 10.0. The predicted molar refractivity (Wildman–Crippen MR) is 123 cm³/mol. The van der Waals surface area contributed by atoms with Crippen molar-refractivity contribution in [1.82, 2.24) is 10.6 Å². The Balaban J connectivity index is 1.44. The first-order valence-electron chi connectivity index (χ1n) is 10.9. The Hall–Kier alpha value is -3.02. The van der Waals surface area contributed by atoms with Crippen LogP contribution in [0.5, 0.6) is 11.5 Å². The van der Waals surface area contributed by atoms with Crippen molar-refractivity contribution in [2.24, 2.45) is 0 Å². The zero-order valence-corrected chi connectivity index (χ0v) is 18.6. The van der Waals surface area contributed by atoms with Gasteiger partial charge in [-0.1, -0.05) is 43.5 Å². The first-order chi connectivity index (χ1) is 15.1. The van der Waals surface area contributed by atoms with Gasteiger partial charge in [-0.15, -0.1) is 0 Å². The Morgan fingerprint density at radius 2 is 0.968 bits per heavy atom. The number of ether oxygens (including phenoxy) is 2. The van der Waals surface area contributed by atoms with Crippen molar-refractivity contribution in [2.45, 2.75) is 44.9 Å². The summed E-state index contributed by atoms with van der Waals surface area (Å²) in [4.78, 5) is 24.0. The predicted octanol–water partition coefficient (Wildman–Crippen LogP) is 3.67. The highest BCUT2D eigenvalue weighted by Crippen LogP contribution is 2.12. The van der Waals surface area contributed by atoms with Gasteiger partial charge in [0.1, 0.15) is 11.5 Å². The number of methoxy groups -OCH3 is 2. The lowest BCUT2D eigenvalue weighted by Gasteiger charge is -2.07. The largest absolute Gasteiger partial charge is 0.497 e. The van der Waals surface area contributed by atoms with Crippen LogP contribution >= 0.6 is 0 Å². The van der Waals surface area contributed by atoms with Gasteiger partial charge in [0.15, 0.2) is 0 Å². The fourth-order valence-corrected chi connectivity index (χ4v) is 3.22. The molecule has 0 unspecified atom stereocenters. The molecule has 2 aromatic carbocycles. The van der Waals surface area contributed by atoms with Crippen molar-refractivity contribution in [3.63, 3.8) is 0 Å². The maximum atomic E-state index is 12.0. The molecule has 0 aliphatic carbocycles. The fourth-order valence-electron chi connectivity index (χ4n) is 3.22. The zero-order chi connectivity index (χ0) is 22.3. The highest BCUT2D eigenvalue weighted by atomic mass is 16.5. The van der Waals surface area contributed by atoms with Gasteiger partial charge in [0, 0.05) is 13.1 Å². The van der Waals surface area contributed by atoms with Crippen LogP contribution in [0, 0.1) is 0 Å². The van der Waals surface area contributed by atoms with Gasteiger partial charge in [-0.3, -0.25) is 9.59 Å². The topological polar surface area (TPSA) is 76.7 Å². The number of hydrogen-bond donors (Lipinski definition) is 2. The SMILES string of the molecule is COc1ccc(CC(=O)NCCCCCCCNC(=O)Cc2ccc(OC)cc2)cc1. The molecule has 168 valence electrons. The maximum Gasteiger partial charge on any atom is 0.224 e. The van der Waals surface area contributed by atoms with Crippen molar-refractivity contribution >= 4 is 11.8 Å². The first-order valence-corrected chi connectivity index (χ1v) is 10.9. The maximum absolute atomic E-state index is 12.0. The van der Waals surface area contributed by atoms with Gasteiger partial charge in [0.05, 0.1) is 27.1 Å². The summed E-state index contributed by atoms with van der Waals surface area (Å²) in [6.07, 6.45) is 5.96. The number of carbonyl (C=O) groups is 2. The van der Waals surface area contributed by atoms with Crippen LogP contribution in [-0.4, -0.2) is 39.1 Å². The minimum atomic E-state index is 0.0461. The summed E-state index contributed by atoms with van der Waals surface area (Å²) in [7, 11) is 3.25. The number of nitrogens with one attached hydrogen (secondary N) is 2. The molecule has 0 saturated carbocycles. The lowest BCUT2D eigenvalue weighted by molar-refractivity contribution is -0.121. The number of hydrogen-bond acceptors (Lipinski definition) is 4. The van der Waals surface area contributed by atoms with Gasteiger partial charge in [-0.2, -0.15) is 0 Å². The normalized spacial score (nSPS) is 10.4. The van der Waals surface area contributed by atoms with E-state index in [1.54, 1.807) is 14.2 Å². The molecule has 0 bridgehead atoms. The molecule has 2 aromatic rings. The fraction of sp³-hybridized carbons (Fsp3) is 0.440. The van der Waals surface area contributed by atoms with Crippen LogP contribution in [0.3, 0.4) is 0 Å². The van der Waals surface area contributed by atoms with Crippen molar-refractivity contribution < 1.29 is 19.1 Å². The molecule has 31 heavy (non-hydrogen) atoms. The summed E-state index contributed by atoms with van der Waals surface area (Å²) in [5.74, 6) is 1.68. The lowest BCUT2D eigenvalue weighted by Crippen LogP contribution is -2.26. The number of benzene rings is 2. The molecule has 0 radical (unpaired) electrons. The number of rotatable bonds is 14. The number of unbranched alkanes of at least 4 members (excludes halogenated alkanes) is 4. The molecule has 2 rings (SSSR count). The minimum Gasteiger partial charge on any atom is -0.497 e. The molecule has 6 heteroatoms. The molecule has 2 amide bonds. The molecule has 0 fully saturated rings. The molecule has 0 saturated heterocycles. The van der Waals surface area contributed by atoms with E-state index in [0.29, 0.717) is 25.9 Å². The van der Waals surface area contributed by atoms with Gasteiger partial charge < -0.3 is 20.1 Å². The highest BCUT2D eigenvalue weighted by molar-refractivity contribution is 5.79. The average molecular weight is 427 g/mol. The van der Waals surface area contributed by atoms with Crippen LogP contribution in [0.25, 0.3) is 0 Å². The second-order valence-electron chi connectivity index (χ2n) is 7.52. The van der Waals surface area contributed by atoms with Gasteiger partial charge in [-0.05, 0) is 48.2 Å². The third-order valence-electron chi connectivity index (χ3n) is 5.05. The monoisotopic (exact) mass is 426 g/mol. The van der Waals surface area contributed by atoms with Crippen LogP contribution in [0.2, 0.25) is 0 Å². The van der Waals surface area contributed by atoms with Crippen molar-refractivity contribution in [2.75, 3.05) is 27.3 Å². The van der Waals surface area contributed by atoms with E-state index in [9.17, 15) is 9.59 Å². The third-order valence-corrected chi connectivity index (χ3v) is 5.05. The standard InChI is InChI=1S/C25H34N2O4/c1-30-22-12-8-20(9-13-22)18-24(28)26-16-6-4-3-5-7-17-27-25(29)19-21-10-14-23(31-2)15-11-21/h8-15H,3-7,16-19H2,1-2H3,(H,26,28)(H,27,29). The van der Waals surface area contributed by atoms with Crippen molar-refractivity contribution in [1.29, 1.82) is 0 Å². The van der Waals surface area contributed by atoms with E-state index < -0.39 is 0 Å².